The highest BCUT2D eigenvalue weighted by atomic mass is 35.5. The predicted octanol–water partition coefficient (Wildman–Crippen LogP) is 4.26. The van der Waals surface area contributed by atoms with Crippen molar-refractivity contribution in [3.05, 3.63) is 46.8 Å². The van der Waals surface area contributed by atoms with Crippen molar-refractivity contribution in [1.29, 1.82) is 0 Å². The Hall–Kier alpha value is -1.23. The minimum atomic E-state index is -0.316. The first-order valence-electron chi connectivity index (χ1n) is 5.94. The lowest BCUT2D eigenvalue weighted by Gasteiger charge is -2.19. The van der Waals surface area contributed by atoms with Gasteiger partial charge in [0.1, 0.15) is 12.3 Å². The Kier molecular flexibility index (Phi) is 6.85. The summed E-state index contributed by atoms with van der Waals surface area (Å²) >= 11 is 7.55. The molecule has 0 radical (unpaired) electrons. The smallest absolute Gasteiger partial charge is 0.331 e. The van der Waals surface area contributed by atoms with Gasteiger partial charge in [0.15, 0.2) is 0 Å². The largest absolute Gasteiger partial charge is 0.424 e. The van der Waals surface area contributed by atoms with E-state index in [-0.39, 0.29) is 24.9 Å². The van der Waals surface area contributed by atoms with Crippen LogP contribution in [0.4, 0.5) is 5.00 Å². The average molecular weight is 332 g/mol. The number of likely N-dealkylation sites (N-methyl/N-ethyl adjacent to an activating group) is 1. The quantitative estimate of drug-likeness (QED) is 0.605. The lowest BCUT2D eigenvalue weighted by atomic mass is 10.3. The summed E-state index contributed by atoms with van der Waals surface area (Å²) in [5.74, 6) is 0.0831. The molecule has 0 aliphatic rings. The minimum Gasteiger partial charge on any atom is -0.424 e. The summed E-state index contributed by atoms with van der Waals surface area (Å²) in [6, 6.07) is 10.9. The van der Waals surface area contributed by atoms with Gasteiger partial charge in [0, 0.05) is 6.54 Å². The Bertz CT molecular complexity index is 546. The molecular weight excluding hydrogens is 317 g/mol. The van der Waals surface area contributed by atoms with E-state index >= 15 is 0 Å². The Morgan fingerprint density at radius 1 is 1.30 bits per heavy atom. The first-order chi connectivity index (χ1) is 9.20. The normalized spacial score (nSPS) is 9.70. The molecule has 0 bridgehead atoms. The second-order valence-corrected chi connectivity index (χ2v) is 5.20. The fraction of sp³-hybridized carbons (Fsp3) is 0.214. The molecule has 0 unspecified atom stereocenters. The summed E-state index contributed by atoms with van der Waals surface area (Å²) in [7, 11) is 0. The van der Waals surface area contributed by atoms with Gasteiger partial charge in [-0.05, 0) is 36.6 Å². The number of rotatable bonds is 5. The molecule has 1 aromatic heterocycles. The number of carbonyl (C=O) groups is 1. The lowest BCUT2D eigenvalue weighted by Crippen LogP contribution is -2.31. The Morgan fingerprint density at radius 3 is 2.65 bits per heavy atom. The van der Waals surface area contributed by atoms with Crippen molar-refractivity contribution >= 4 is 46.3 Å². The second kappa shape index (κ2) is 8.15. The summed E-state index contributed by atoms with van der Waals surface area (Å²) in [5.41, 5.74) is 0. The van der Waals surface area contributed by atoms with E-state index in [9.17, 15) is 4.79 Å². The van der Waals surface area contributed by atoms with Gasteiger partial charge in [-0.25, -0.2) is 4.79 Å². The first-order valence-corrected chi connectivity index (χ1v) is 7.20. The van der Waals surface area contributed by atoms with Gasteiger partial charge in [-0.1, -0.05) is 23.7 Å². The molecule has 0 aliphatic heterocycles. The molecule has 2 aromatic rings. The van der Waals surface area contributed by atoms with E-state index in [1.54, 1.807) is 35.6 Å². The van der Waals surface area contributed by atoms with Crippen LogP contribution in [0.1, 0.15) is 6.92 Å². The molecule has 0 saturated heterocycles. The fourth-order valence-electron chi connectivity index (χ4n) is 1.63. The average Bonchev–Trinajstić information content (AvgIpc) is 2.92. The first kappa shape index (κ1) is 16.8. The number of nitrogens with zero attached hydrogens (tertiary/aromatic N) is 1. The van der Waals surface area contributed by atoms with Crippen LogP contribution >= 0.6 is 35.3 Å². The maximum absolute atomic E-state index is 11.9. The molecule has 6 heteroatoms. The molecule has 0 N–H and O–H groups in total. The van der Waals surface area contributed by atoms with E-state index in [1.165, 1.54) is 0 Å². The Labute approximate surface area is 133 Å². The number of hydrogen-bond donors (Lipinski definition) is 0. The van der Waals surface area contributed by atoms with Gasteiger partial charge in [0.05, 0.1) is 10.0 Å². The molecule has 3 nitrogen and oxygen atoms in total. The zero-order valence-electron chi connectivity index (χ0n) is 10.9. The molecule has 20 heavy (non-hydrogen) atoms. The standard InChI is InChI=1S/C14H14ClNO2S.ClH/c1-2-16(13-8-5-9-19-13)10-14(17)18-12-7-4-3-6-11(12)15;/h3-9H,2,10H2,1H3;1H. The number of halogens is 2. The third-order valence-electron chi connectivity index (χ3n) is 2.58. The van der Waals surface area contributed by atoms with Crippen LogP contribution < -0.4 is 9.64 Å². The zero-order chi connectivity index (χ0) is 13.7. The molecule has 0 spiro atoms. The van der Waals surface area contributed by atoms with Crippen LogP contribution in [0, 0.1) is 0 Å². The molecule has 108 valence electrons. The molecule has 0 aliphatic carbocycles. The zero-order valence-corrected chi connectivity index (χ0v) is 13.3. The molecule has 0 amide bonds. The lowest BCUT2D eigenvalue weighted by molar-refractivity contribution is -0.132. The van der Waals surface area contributed by atoms with Gasteiger partial charge in [-0.15, -0.1) is 23.7 Å². The van der Waals surface area contributed by atoms with Crippen molar-refractivity contribution < 1.29 is 9.53 Å². The van der Waals surface area contributed by atoms with E-state index in [0.717, 1.165) is 11.5 Å². The molecule has 1 heterocycles. The van der Waals surface area contributed by atoms with Gasteiger partial charge in [-0.2, -0.15) is 0 Å². The van der Waals surface area contributed by atoms with Crippen LogP contribution in [0.15, 0.2) is 41.8 Å². The summed E-state index contributed by atoms with van der Waals surface area (Å²) in [5, 5.41) is 3.48. The van der Waals surface area contributed by atoms with Crippen molar-refractivity contribution in [2.75, 3.05) is 18.0 Å². The Morgan fingerprint density at radius 2 is 2.05 bits per heavy atom. The number of esters is 1. The summed E-state index contributed by atoms with van der Waals surface area (Å²) in [6.45, 7) is 2.96. The highest BCUT2D eigenvalue weighted by Crippen LogP contribution is 2.24. The number of para-hydroxylation sites is 1. The van der Waals surface area contributed by atoms with Crippen LogP contribution in [0.3, 0.4) is 0 Å². The van der Waals surface area contributed by atoms with Crippen LogP contribution in [-0.2, 0) is 4.79 Å². The number of carbonyl (C=O) groups excluding carboxylic acids is 1. The minimum absolute atomic E-state index is 0. The van der Waals surface area contributed by atoms with Crippen molar-refractivity contribution in [2.24, 2.45) is 0 Å². The molecule has 0 fully saturated rings. The van der Waals surface area contributed by atoms with Crippen molar-refractivity contribution in [1.82, 2.24) is 0 Å². The number of hydrogen-bond acceptors (Lipinski definition) is 4. The Balaban J connectivity index is 0.00000200. The van der Waals surface area contributed by atoms with Gasteiger partial charge >= 0.3 is 5.97 Å². The van der Waals surface area contributed by atoms with E-state index in [4.69, 9.17) is 16.3 Å². The third kappa shape index (κ3) is 4.40. The maximum Gasteiger partial charge on any atom is 0.331 e. The highest BCUT2D eigenvalue weighted by molar-refractivity contribution is 7.14. The second-order valence-electron chi connectivity index (χ2n) is 3.87. The number of ether oxygens (including phenoxy) is 1. The van der Waals surface area contributed by atoms with E-state index < -0.39 is 0 Å². The van der Waals surface area contributed by atoms with Gasteiger partial charge in [0.25, 0.3) is 0 Å². The summed E-state index contributed by atoms with van der Waals surface area (Å²) in [4.78, 5) is 13.9. The van der Waals surface area contributed by atoms with Crippen LogP contribution in [-0.4, -0.2) is 19.1 Å². The van der Waals surface area contributed by atoms with Crippen LogP contribution in [0.25, 0.3) is 0 Å². The van der Waals surface area contributed by atoms with Gasteiger partial charge < -0.3 is 9.64 Å². The van der Waals surface area contributed by atoms with Gasteiger partial charge in [-0.3, -0.25) is 0 Å². The van der Waals surface area contributed by atoms with E-state index in [0.29, 0.717) is 10.8 Å². The van der Waals surface area contributed by atoms with Crippen molar-refractivity contribution in [2.45, 2.75) is 6.92 Å². The number of thiophene rings is 1. The molecule has 1 aromatic carbocycles. The third-order valence-corrected chi connectivity index (χ3v) is 3.82. The topological polar surface area (TPSA) is 29.5 Å². The van der Waals surface area contributed by atoms with Crippen molar-refractivity contribution in [3.8, 4) is 5.75 Å². The summed E-state index contributed by atoms with van der Waals surface area (Å²) < 4.78 is 5.27. The highest BCUT2D eigenvalue weighted by Gasteiger charge is 2.13. The van der Waals surface area contributed by atoms with Crippen molar-refractivity contribution in [3.63, 3.8) is 0 Å². The fourth-order valence-corrected chi connectivity index (χ4v) is 2.60. The van der Waals surface area contributed by atoms with E-state index in [2.05, 4.69) is 0 Å². The van der Waals surface area contributed by atoms with Crippen LogP contribution in [0.2, 0.25) is 5.02 Å². The van der Waals surface area contributed by atoms with Crippen LogP contribution in [0.5, 0.6) is 5.75 Å². The molecule has 2 rings (SSSR count). The predicted molar refractivity (Wildman–Crippen MR) is 86.5 cm³/mol. The molecular formula is C14H15Cl2NO2S. The monoisotopic (exact) mass is 331 g/mol. The SMILES string of the molecule is CCN(CC(=O)Oc1ccccc1Cl)c1cccs1.Cl. The maximum atomic E-state index is 11.9. The summed E-state index contributed by atoms with van der Waals surface area (Å²) in [6.07, 6.45) is 0. The molecule has 0 atom stereocenters. The van der Waals surface area contributed by atoms with E-state index in [1.807, 2.05) is 29.3 Å². The number of anilines is 1. The number of benzene rings is 1. The van der Waals surface area contributed by atoms with Gasteiger partial charge in [0.2, 0.25) is 0 Å². The molecule has 0 saturated carbocycles.